The molecule has 0 bridgehead atoms. The summed E-state index contributed by atoms with van der Waals surface area (Å²) in [6, 6.07) is 5.32. The molecule has 1 rings (SSSR count). The van der Waals surface area contributed by atoms with Crippen molar-refractivity contribution in [3.63, 3.8) is 0 Å². The first-order valence-corrected chi connectivity index (χ1v) is 7.00. The Morgan fingerprint density at radius 3 is 2.53 bits per heavy atom. The standard InChI is InChI=1S/C16H24O3/c1-4-5-6-7-8-11-19-16-12-14(18-3)9-10-15(16)13(2)17/h9-10,12H,4-8,11H2,1-3H3. The molecule has 3 heteroatoms. The largest absolute Gasteiger partial charge is 0.497 e. The average Bonchev–Trinajstić information content (AvgIpc) is 2.42. The number of Topliss-reactive ketones (excluding diaryl/α,β-unsaturated/α-hetero) is 1. The van der Waals surface area contributed by atoms with E-state index in [2.05, 4.69) is 6.92 Å². The maximum Gasteiger partial charge on any atom is 0.163 e. The minimum atomic E-state index is 0.0173. The highest BCUT2D eigenvalue weighted by Crippen LogP contribution is 2.25. The van der Waals surface area contributed by atoms with Crippen molar-refractivity contribution in [2.45, 2.75) is 46.0 Å². The molecule has 0 fully saturated rings. The topological polar surface area (TPSA) is 35.5 Å². The summed E-state index contributed by atoms with van der Waals surface area (Å²) in [5, 5.41) is 0. The van der Waals surface area contributed by atoms with Gasteiger partial charge in [0, 0.05) is 6.07 Å². The van der Waals surface area contributed by atoms with Crippen LogP contribution in [-0.4, -0.2) is 19.5 Å². The fraction of sp³-hybridized carbons (Fsp3) is 0.562. The summed E-state index contributed by atoms with van der Waals surface area (Å²) >= 11 is 0. The lowest BCUT2D eigenvalue weighted by molar-refractivity contribution is 0.101. The van der Waals surface area contributed by atoms with Crippen LogP contribution in [-0.2, 0) is 0 Å². The minimum Gasteiger partial charge on any atom is -0.497 e. The van der Waals surface area contributed by atoms with Crippen molar-refractivity contribution in [1.82, 2.24) is 0 Å². The van der Waals surface area contributed by atoms with E-state index in [-0.39, 0.29) is 5.78 Å². The number of benzene rings is 1. The second-order valence-electron chi connectivity index (χ2n) is 4.68. The van der Waals surface area contributed by atoms with Crippen molar-refractivity contribution in [3.8, 4) is 11.5 Å². The molecule has 0 spiro atoms. The number of ketones is 1. The van der Waals surface area contributed by atoms with Crippen molar-refractivity contribution in [3.05, 3.63) is 23.8 Å². The minimum absolute atomic E-state index is 0.0173. The summed E-state index contributed by atoms with van der Waals surface area (Å²) in [7, 11) is 1.61. The zero-order valence-electron chi connectivity index (χ0n) is 12.2. The normalized spacial score (nSPS) is 10.3. The van der Waals surface area contributed by atoms with E-state index in [1.165, 1.54) is 25.7 Å². The molecule has 0 saturated carbocycles. The van der Waals surface area contributed by atoms with Gasteiger partial charge >= 0.3 is 0 Å². The summed E-state index contributed by atoms with van der Waals surface area (Å²) in [4.78, 5) is 11.5. The number of carbonyl (C=O) groups excluding carboxylic acids is 1. The third kappa shape index (κ3) is 5.33. The number of carbonyl (C=O) groups is 1. The Kier molecular flexibility index (Phi) is 7.01. The fourth-order valence-corrected chi connectivity index (χ4v) is 1.93. The Morgan fingerprint density at radius 1 is 1.16 bits per heavy atom. The summed E-state index contributed by atoms with van der Waals surface area (Å²) in [6.45, 7) is 4.40. The Labute approximate surface area is 115 Å². The molecule has 0 aliphatic heterocycles. The molecule has 0 unspecified atom stereocenters. The molecule has 1 aromatic rings. The van der Waals surface area contributed by atoms with Crippen molar-refractivity contribution in [2.24, 2.45) is 0 Å². The number of hydrogen-bond donors (Lipinski definition) is 0. The smallest absolute Gasteiger partial charge is 0.163 e. The van der Waals surface area contributed by atoms with Crippen molar-refractivity contribution in [2.75, 3.05) is 13.7 Å². The molecule has 0 amide bonds. The Morgan fingerprint density at radius 2 is 1.89 bits per heavy atom. The second kappa shape index (κ2) is 8.57. The van der Waals surface area contributed by atoms with E-state index in [0.29, 0.717) is 23.7 Å². The molecule has 0 saturated heterocycles. The van der Waals surface area contributed by atoms with Gasteiger partial charge in [-0.05, 0) is 25.5 Å². The summed E-state index contributed by atoms with van der Waals surface area (Å²) < 4.78 is 10.9. The maximum atomic E-state index is 11.5. The number of methoxy groups -OCH3 is 1. The second-order valence-corrected chi connectivity index (χ2v) is 4.68. The molecule has 0 heterocycles. The number of hydrogen-bond acceptors (Lipinski definition) is 3. The van der Waals surface area contributed by atoms with Gasteiger partial charge in [0.15, 0.2) is 5.78 Å². The van der Waals surface area contributed by atoms with E-state index in [0.717, 1.165) is 6.42 Å². The lowest BCUT2D eigenvalue weighted by Gasteiger charge is -2.11. The zero-order valence-corrected chi connectivity index (χ0v) is 12.2. The van der Waals surface area contributed by atoms with Gasteiger partial charge in [-0.15, -0.1) is 0 Å². The van der Waals surface area contributed by atoms with E-state index in [9.17, 15) is 4.79 Å². The highest BCUT2D eigenvalue weighted by molar-refractivity contribution is 5.97. The van der Waals surface area contributed by atoms with Crippen molar-refractivity contribution in [1.29, 1.82) is 0 Å². The van der Waals surface area contributed by atoms with Gasteiger partial charge < -0.3 is 9.47 Å². The maximum absolute atomic E-state index is 11.5. The van der Waals surface area contributed by atoms with Gasteiger partial charge in [-0.1, -0.05) is 32.6 Å². The Balaban J connectivity index is 2.52. The molecule has 0 aliphatic rings. The first kappa shape index (κ1) is 15.5. The van der Waals surface area contributed by atoms with Crippen LogP contribution in [0.15, 0.2) is 18.2 Å². The fourth-order valence-electron chi connectivity index (χ4n) is 1.93. The molecule has 19 heavy (non-hydrogen) atoms. The SMILES string of the molecule is CCCCCCCOc1cc(OC)ccc1C(C)=O. The first-order chi connectivity index (χ1) is 9.19. The van der Waals surface area contributed by atoms with Crippen molar-refractivity contribution >= 4 is 5.78 Å². The monoisotopic (exact) mass is 264 g/mol. The summed E-state index contributed by atoms with van der Waals surface area (Å²) in [6.07, 6.45) is 5.96. The van der Waals surface area contributed by atoms with Gasteiger partial charge in [0.05, 0.1) is 19.3 Å². The van der Waals surface area contributed by atoms with E-state index >= 15 is 0 Å². The Hall–Kier alpha value is -1.51. The van der Waals surface area contributed by atoms with Crippen LogP contribution in [0, 0.1) is 0 Å². The lowest BCUT2D eigenvalue weighted by atomic mass is 10.1. The van der Waals surface area contributed by atoms with Gasteiger partial charge in [-0.2, -0.15) is 0 Å². The molecule has 0 atom stereocenters. The van der Waals surface area contributed by atoms with E-state index in [4.69, 9.17) is 9.47 Å². The molecular formula is C16H24O3. The van der Waals surface area contributed by atoms with Crippen LogP contribution in [0.4, 0.5) is 0 Å². The summed E-state index contributed by atoms with van der Waals surface area (Å²) in [5.74, 6) is 1.36. The van der Waals surface area contributed by atoms with Crippen LogP contribution in [0.25, 0.3) is 0 Å². The molecule has 1 aromatic carbocycles. The molecule has 3 nitrogen and oxygen atoms in total. The van der Waals surface area contributed by atoms with Crippen LogP contribution in [0.3, 0.4) is 0 Å². The molecule has 106 valence electrons. The molecular weight excluding hydrogens is 240 g/mol. The van der Waals surface area contributed by atoms with Crippen LogP contribution in [0.2, 0.25) is 0 Å². The average molecular weight is 264 g/mol. The van der Waals surface area contributed by atoms with Gasteiger partial charge in [-0.3, -0.25) is 4.79 Å². The molecule has 0 aromatic heterocycles. The van der Waals surface area contributed by atoms with Crippen LogP contribution in [0.5, 0.6) is 11.5 Å². The van der Waals surface area contributed by atoms with Crippen LogP contribution >= 0.6 is 0 Å². The first-order valence-electron chi connectivity index (χ1n) is 7.00. The molecule has 0 radical (unpaired) electrons. The van der Waals surface area contributed by atoms with E-state index in [1.54, 1.807) is 32.2 Å². The van der Waals surface area contributed by atoms with E-state index < -0.39 is 0 Å². The van der Waals surface area contributed by atoms with Crippen LogP contribution in [0.1, 0.15) is 56.3 Å². The summed E-state index contributed by atoms with van der Waals surface area (Å²) in [5.41, 5.74) is 0.620. The van der Waals surface area contributed by atoms with Gasteiger partial charge in [0.25, 0.3) is 0 Å². The quantitative estimate of drug-likeness (QED) is 0.494. The zero-order chi connectivity index (χ0) is 14.1. The van der Waals surface area contributed by atoms with Gasteiger partial charge in [-0.25, -0.2) is 0 Å². The van der Waals surface area contributed by atoms with Gasteiger partial charge in [0.2, 0.25) is 0 Å². The highest BCUT2D eigenvalue weighted by Gasteiger charge is 2.09. The molecule has 0 aliphatic carbocycles. The predicted octanol–water partition coefficient (Wildman–Crippen LogP) is 4.25. The third-order valence-electron chi connectivity index (χ3n) is 3.07. The van der Waals surface area contributed by atoms with Crippen LogP contribution < -0.4 is 9.47 Å². The number of ether oxygens (including phenoxy) is 2. The number of unbranched alkanes of at least 4 members (excludes halogenated alkanes) is 4. The Bertz CT molecular complexity index is 399. The predicted molar refractivity (Wildman–Crippen MR) is 77.3 cm³/mol. The lowest BCUT2D eigenvalue weighted by Crippen LogP contribution is -2.03. The van der Waals surface area contributed by atoms with Crippen molar-refractivity contribution < 1.29 is 14.3 Å². The number of rotatable bonds is 9. The highest BCUT2D eigenvalue weighted by atomic mass is 16.5. The van der Waals surface area contributed by atoms with Gasteiger partial charge in [0.1, 0.15) is 11.5 Å². The van der Waals surface area contributed by atoms with E-state index in [1.807, 2.05) is 0 Å². The molecule has 0 N–H and O–H groups in total. The third-order valence-corrected chi connectivity index (χ3v) is 3.07.